The summed E-state index contributed by atoms with van der Waals surface area (Å²) in [6, 6.07) is 17.2. The molecule has 1 fully saturated rings. The van der Waals surface area contributed by atoms with E-state index in [2.05, 4.69) is 78.4 Å². The fourth-order valence-corrected chi connectivity index (χ4v) is 3.98. The Bertz CT molecular complexity index is 884. The van der Waals surface area contributed by atoms with Crippen LogP contribution in [-0.2, 0) is 13.0 Å². The lowest BCUT2D eigenvalue weighted by Crippen LogP contribution is -2.34. The molecule has 146 valence electrons. The standard InChI is InChI=1S/C22H25BrN4O/c1-28-22-8-4-18(5-9-22)15-26-12-10-21(11-13-26)27-16-20(24-25-27)14-17-2-6-19(23)7-3-17/h2-9,16,21H,10-15H2,1H3. The summed E-state index contributed by atoms with van der Waals surface area (Å²) in [5, 5.41) is 8.79. The molecule has 1 saturated heterocycles. The summed E-state index contributed by atoms with van der Waals surface area (Å²) >= 11 is 3.48. The van der Waals surface area contributed by atoms with E-state index in [1.165, 1.54) is 11.1 Å². The summed E-state index contributed by atoms with van der Waals surface area (Å²) in [5.41, 5.74) is 3.62. The number of hydrogen-bond donors (Lipinski definition) is 0. The van der Waals surface area contributed by atoms with Gasteiger partial charge in [0.25, 0.3) is 0 Å². The number of benzene rings is 2. The molecule has 5 nitrogen and oxygen atoms in total. The first-order valence-electron chi connectivity index (χ1n) is 9.70. The van der Waals surface area contributed by atoms with Crippen LogP contribution in [0.3, 0.4) is 0 Å². The maximum atomic E-state index is 5.24. The number of methoxy groups -OCH3 is 1. The van der Waals surface area contributed by atoms with Gasteiger partial charge in [-0.15, -0.1) is 5.10 Å². The average Bonchev–Trinajstić information content (AvgIpc) is 3.19. The van der Waals surface area contributed by atoms with Crippen molar-refractivity contribution in [3.8, 4) is 5.75 Å². The van der Waals surface area contributed by atoms with E-state index in [-0.39, 0.29) is 0 Å². The minimum atomic E-state index is 0.443. The number of piperidine rings is 1. The number of aromatic nitrogens is 3. The van der Waals surface area contributed by atoms with Crippen LogP contribution in [0.15, 0.2) is 59.2 Å². The molecule has 2 aromatic carbocycles. The predicted octanol–water partition coefficient (Wildman–Crippen LogP) is 4.48. The summed E-state index contributed by atoms with van der Waals surface area (Å²) in [6.07, 6.45) is 5.16. The van der Waals surface area contributed by atoms with Gasteiger partial charge in [0, 0.05) is 36.7 Å². The fourth-order valence-electron chi connectivity index (χ4n) is 3.72. The highest BCUT2D eigenvalue weighted by Gasteiger charge is 2.21. The van der Waals surface area contributed by atoms with Crippen molar-refractivity contribution >= 4 is 15.9 Å². The van der Waals surface area contributed by atoms with E-state index >= 15 is 0 Å². The number of ether oxygens (including phenoxy) is 1. The van der Waals surface area contributed by atoms with Crippen molar-refractivity contribution in [1.29, 1.82) is 0 Å². The number of hydrogen-bond acceptors (Lipinski definition) is 4. The van der Waals surface area contributed by atoms with Crippen LogP contribution in [0, 0.1) is 0 Å². The lowest BCUT2D eigenvalue weighted by molar-refractivity contribution is 0.172. The largest absolute Gasteiger partial charge is 0.497 e. The van der Waals surface area contributed by atoms with E-state index < -0.39 is 0 Å². The van der Waals surface area contributed by atoms with Crippen LogP contribution in [0.5, 0.6) is 5.75 Å². The fraction of sp³-hybridized carbons (Fsp3) is 0.364. The first-order chi connectivity index (χ1) is 13.7. The zero-order valence-electron chi connectivity index (χ0n) is 16.1. The smallest absolute Gasteiger partial charge is 0.118 e. The Hall–Kier alpha value is -2.18. The normalized spacial score (nSPS) is 15.6. The molecule has 1 aliphatic heterocycles. The van der Waals surface area contributed by atoms with E-state index in [9.17, 15) is 0 Å². The molecule has 1 aromatic heterocycles. The molecule has 1 aliphatic rings. The molecule has 2 heterocycles. The Morgan fingerprint density at radius 3 is 2.36 bits per heavy atom. The second-order valence-electron chi connectivity index (χ2n) is 7.35. The summed E-state index contributed by atoms with van der Waals surface area (Å²) in [7, 11) is 1.70. The van der Waals surface area contributed by atoms with Crippen molar-refractivity contribution in [3.05, 3.63) is 76.0 Å². The molecule has 0 aliphatic carbocycles. The summed E-state index contributed by atoms with van der Waals surface area (Å²) < 4.78 is 8.40. The van der Waals surface area contributed by atoms with Gasteiger partial charge >= 0.3 is 0 Å². The zero-order chi connectivity index (χ0) is 19.3. The van der Waals surface area contributed by atoms with Crippen molar-refractivity contribution < 1.29 is 4.74 Å². The molecule has 0 bridgehead atoms. The molecule has 6 heteroatoms. The molecule has 0 amide bonds. The zero-order valence-corrected chi connectivity index (χ0v) is 17.7. The minimum absolute atomic E-state index is 0.443. The van der Waals surface area contributed by atoms with Gasteiger partial charge in [-0.25, -0.2) is 4.68 Å². The third-order valence-corrected chi connectivity index (χ3v) is 5.88. The van der Waals surface area contributed by atoms with Crippen LogP contribution in [0.4, 0.5) is 0 Å². The third kappa shape index (κ3) is 4.80. The van der Waals surface area contributed by atoms with Gasteiger partial charge in [-0.2, -0.15) is 0 Å². The highest BCUT2D eigenvalue weighted by Crippen LogP contribution is 2.24. The second kappa shape index (κ2) is 8.88. The molecule has 0 atom stereocenters. The quantitative estimate of drug-likeness (QED) is 0.566. The Morgan fingerprint density at radius 2 is 1.68 bits per heavy atom. The van der Waals surface area contributed by atoms with Gasteiger partial charge in [0.05, 0.1) is 18.8 Å². The van der Waals surface area contributed by atoms with Crippen LogP contribution >= 0.6 is 15.9 Å². The van der Waals surface area contributed by atoms with Gasteiger partial charge in [-0.3, -0.25) is 4.90 Å². The van der Waals surface area contributed by atoms with Crippen molar-refractivity contribution in [2.24, 2.45) is 0 Å². The molecular weight excluding hydrogens is 416 g/mol. The van der Waals surface area contributed by atoms with E-state index in [0.717, 1.165) is 54.8 Å². The van der Waals surface area contributed by atoms with E-state index in [0.29, 0.717) is 6.04 Å². The molecule has 4 rings (SSSR count). The molecule has 0 N–H and O–H groups in total. The van der Waals surface area contributed by atoms with Gasteiger partial charge < -0.3 is 4.74 Å². The third-order valence-electron chi connectivity index (χ3n) is 5.35. The van der Waals surface area contributed by atoms with E-state index in [4.69, 9.17) is 4.74 Å². The Morgan fingerprint density at radius 1 is 1.00 bits per heavy atom. The van der Waals surface area contributed by atoms with Gasteiger partial charge in [-0.05, 0) is 48.2 Å². The molecular formula is C22H25BrN4O. The van der Waals surface area contributed by atoms with Crippen molar-refractivity contribution in [1.82, 2.24) is 19.9 Å². The van der Waals surface area contributed by atoms with E-state index in [1.807, 2.05) is 12.1 Å². The highest BCUT2D eigenvalue weighted by molar-refractivity contribution is 9.10. The lowest BCUT2D eigenvalue weighted by atomic mass is 10.0. The average molecular weight is 441 g/mol. The van der Waals surface area contributed by atoms with Crippen LogP contribution in [0.1, 0.15) is 35.7 Å². The number of likely N-dealkylation sites (tertiary alicyclic amines) is 1. The highest BCUT2D eigenvalue weighted by atomic mass is 79.9. The van der Waals surface area contributed by atoms with Crippen LogP contribution < -0.4 is 4.74 Å². The SMILES string of the molecule is COc1ccc(CN2CCC(n3cc(Cc4ccc(Br)cc4)nn3)CC2)cc1. The maximum Gasteiger partial charge on any atom is 0.118 e. The maximum absolute atomic E-state index is 5.24. The van der Waals surface area contributed by atoms with Crippen LogP contribution in [-0.4, -0.2) is 40.1 Å². The Labute approximate surface area is 174 Å². The lowest BCUT2D eigenvalue weighted by Gasteiger charge is -2.31. The van der Waals surface area contributed by atoms with Crippen LogP contribution in [0.2, 0.25) is 0 Å². The van der Waals surface area contributed by atoms with Crippen molar-refractivity contribution in [2.45, 2.75) is 31.8 Å². The molecule has 0 spiro atoms. The minimum Gasteiger partial charge on any atom is -0.497 e. The van der Waals surface area contributed by atoms with Crippen LogP contribution in [0.25, 0.3) is 0 Å². The topological polar surface area (TPSA) is 43.2 Å². The summed E-state index contributed by atoms with van der Waals surface area (Å²) in [4.78, 5) is 2.51. The van der Waals surface area contributed by atoms with Crippen molar-refractivity contribution in [2.75, 3.05) is 20.2 Å². The second-order valence-corrected chi connectivity index (χ2v) is 8.26. The molecule has 3 aromatic rings. The van der Waals surface area contributed by atoms with Gasteiger partial charge in [0.15, 0.2) is 0 Å². The number of rotatable bonds is 6. The van der Waals surface area contributed by atoms with Gasteiger partial charge in [0.1, 0.15) is 5.75 Å². The Balaban J connectivity index is 1.30. The Kier molecular flexibility index (Phi) is 6.07. The number of halogens is 1. The predicted molar refractivity (Wildman–Crippen MR) is 114 cm³/mol. The molecule has 0 unspecified atom stereocenters. The first kappa shape index (κ1) is 19.2. The monoisotopic (exact) mass is 440 g/mol. The summed E-state index contributed by atoms with van der Waals surface area (Å²) in [6.45, 7) is 3.15. The number of nitrogens with zero attached hydrogens (tertiary/aromatic N) is 4. The molecule has 28 heavy (non-hydrogen) atoms. The van der Waals surface area contributed by atoms with E-state index in [1.54, 1.807) is 7.11 Å². The van der Waals surface area contributed by atoms with Gasteiger partial charge in [0.2, 0.25) is 0 Å². The summed E-state index contributed by atoms with van der Waals surface area (Å²) in [5.74, 6) is 0.910. The van der Waals surface area contributed by atoms with Gasteiger partial charge in [-0.1, -0.05) is 45.4 Å². The first-order valence-corrected chi connectivity index (χ1v) is 10.5. The van der Waals surface area contributed by atoms with Crippen molar-refractivity contribution in [3.63, 3.8) is 0 Å². The molecule has 0 radical (unpaired) electrons. The molecule has 0 saturated carbocycles.